The van der Waals surface area contributed by atoms with E-state index in [0.717, 1.165) is 51.8 Å². The molecule has 2 aliphatic carbocycles. The summed E-state index contributed by atoms with van der Waals surface area (Å²) in [6.45, 7) is 4.76. The molecule has 1 heterocycles. The van der Waals surface area contributed by atoms with Crippen LogP contribution in [0.1, 0.15) is 37.8 Å². The van der Waals surface area contributed by atoms with Crippen molar-refractivity contribution in [2.24, 2.45) is 0 Å². The van der Waals surface area contributed by atoms with Crippen LogP contribution < -0.4 is 4.90 Å². The predicted molar refractivity (Wildman–Crippen MR) is 198 cm³/mol. The number of anilines is 3. The number of hydrogen-bond donors (Lipinski definition) is 0. The van der Waals surface area contributed by atoms with Crippen LogP contribution in [0.15, 0.2) is 162 Å². The first-order chi connectivity index (χ1) is 23.1. The molecule has 6 aromatic carbocycles. The zero-order chi connectivity index (χ0) is 31.5. The third-order valence-electron chi connectivity index (χ3n) is 10.2. The van der Waals surface area contributed by atoms with E-state index >= 15 is 0 Å². The molecule has 0 aliphatic heterocycles. The average molecular weight is 606 g/mol. The lowest BCUT2D eigenvalue weighted by Gasteiger charge is -2.26. The van der Waals surface area contributed by atoms with Crippen molar-refractivity contribution in [1.29, 1.82) is 0 Å². The van der Waals surface area contributed by atoms with E-state index in [1.165, 1.54) is 39.0 Å². The van der Waals surface area contributed by atoms with Crippen LogP contribution in [0.4, 0.5) is 17.1 Å². The molecule has 1 aromatic heterocycles. The van der Waals surface area contributed by atoms with Gasteiger partial charge in [0.2, 0.25) is 0 Å². The fourth-order valence-corrected chi connectivity index (χ4v) is 7.85. The minimum atomic E-state index is 0.0996. The van der Waals surface area contributed by atoms with E-state index in [4.69, 9.17) is 4.42 Å². The fourth-order valence-electron chi connectivity index (χ4n) is 7.85. The highest BCUT2D eigenvalue weighted by atomic mass is 16.3. The van der Waals surface area contributed by atoms with Crippen molar-refractivity contribution in [2.75, 3.05) is 4.90 Å². The first kappa shape index (κ1) is 27.7. The van der Waals surface area contributed by atoms with Gasteiger partial charge < -0.3 is 9.32 Å². The van der Waals surface area contributed by atoms with Gasteiger partial charge in [-0.25, -0.2) is 0 Å². The Morgan fingerprint density at radius 1 is 0.574 bits per heavy atom. The van der Waals surface area contributed by atoms with Crippen LogP contribution in [-0.2, 0) is 5.41 Å². The van der Waals surface area contributed by atoms with Crippen molar-refractivity contribution in [2.45, 2.75) is 32.1 Å². The van der Waals surface area contributed by atoms with E-state index in [1.54, 1.807) is 5.57 Å². The van der Waals surface area contributed by atoms with Crippen molar-refractivity contribution < 1.29 is 4.42 Å². The van der Waals surface area contributed by atoms with E-state index in [9.17, 15) is 0 Å². The highest BCUT2D eigenvalue weighted by Crippen LogP contribution is 2.51. The number of nitrogens with zero attached hydrogens (tertiary/aromatic N) is 1. The molecule has 2 heteroatoms. The van der Waals surface area contributed by atoms with Gasteiger partial charge in [0.15, 0.2) is 0 Å². The number of benzene rings is 6. The van der Waals surface area contributed by atoms with E-state index in [-0.39, 0.29) is 5.41 Å². The summed E-state index contributed by atoms with van der Waals surface area (Å²) in [5.74, 6) is 0. The van der Waals surface area contributed by atoms with Crippen molar-refractivity contribution in [3.05, 3.63) is 168 Å². The highest BCUT2D eigenvalue weighted by molar-refractivity contribution is 6.12. The first-order valence-corrected chi connectivity index (χ1v) is 16.6. The minimum Gasteiger partial charge on any atom is -0.456 e. The second-order valence-corrected chi connectivity index (χ2v) is 13.3. The van der Waals surface area contributed by atoms with Gasteiger partial charge in [-0.3, -0.25) is 0 Å². The van der Waals surface area contributed by atoms with Crippen LogP contribution in [0.25, 0.3) is 49.8 Å². The number of rotatable bonds is 5. The standard InChI is InChI=1S/C45H35NO/c1-45(2)40-16-8-6-13-37(40)39-29-32(23-28-41(39)45)30-19-24-34(25-20-30)46(33-11-4-3-5-12-33)35-26-21-31(22-27-35)36-15-10-18-43-44(36)38-14-7-9-17-42(38)47-43/h3-7,9-15,17-29H,8,16H2,1-2H3. The van der Waals surface area contributed by atoms with Gasteiger partial charge in [0.1, 0.15) is 11.2 Å². The van der Waals surface area contributed by atoms with Gasteiger partial charge in [0.05, 0.1) is 0 Å². The topological polar surface area (TPSA) is 16.4 Å². The Labute approximate surface area is 275 Å². The number of para-hydroxylation sites is 2. The Balaban J connectivity index is 1.08. The third-order valence-corrected chi connectivity index (χ3v) is 10.2. The summed E-state index contributed by atoms with van der Waals surface area (Å²) < 4.78 is 6.17. The average Bonchev–Trinajstić information content (AvgIpc) is 3.62. The van der Waals surface area contributed by atoms with Gasteiger partial charge in [-0.2, -0.15) is 0 Å². The summed E-state index contributed by atoms with van der Waals surface area (Å²) in [6, 6.07) is 50.2. The number of allylic oxidation sites excluding steroid dienone is 4. The van der Waals surface area contributed by atoms with Crippen LogP contribution in [0.5, 0.6) is 0 Å². The molecule has 9 rings (SSSR count). The normalized spacial score (nSPS) is 14.9. The minimum absolute atomic E-state index is 0.0996. The summed E-state index contributed by atoms with van der Waals surface area (Å²) in [6.07, 6.45) is 6.98. The molecule has 0 amide bonds. The Kier molecular flexibility index (Phi) is 6.33. The lowest BCUT2D eigenvalue weighted by molar-refractivity contribution is 0.607. The van der Waals surface area contributed by atoms with Crippen LogP contribution in [0, 0.1) is 0 Å². The van der Waals surface area contributed by atoms with Gasteiger partial charge in [-0.1, -0.05) is 117 Å². The second-order valence-electron chi connectivity index (χ2n) is 13.3. The number of hydrogen-bond acceptors (Lipinski definition) is 2. The lowest BCUT2D eigenvalue weighted by Crippen LogP contribution is -2.17. The van der Waals surface area contributed by atoms with Gasteiger partial charge >= 0.3 is 0 Å². The van der Waals surface area contributed by atoms with Gasteiger partial charge in [-0.05, 0) is 106 Å². The molecule has 0 bridgehead atoms. The first-order valence-electron chi connectivity index (χ1n) is 16.6. The Bertz CT molecular complexity index is 2350. The Morgan fingerprint density at radius 2 is 1.23 bits per heavy atom. The van der Waals surface area contributed by atoms with E-state index < -0.39 is 0 Å². The van der Waals surface area contributed by atoms with E-state index in [1.807, 2.05) is 12.1 Å². The van der Waals surface area contributed by atoms with Gasteiger partial charge in [-0.15, -0.1) is 0 Å². The summed E-state index contributed by atoms with van der Waals surface area (Å²) in [5.41, 5.74) is 16.0. The fraction of sp³-hybridized carbons (Fsp3) is 0.111. The molecular formula is C45H35NO. The SMILES string of the molecule is CC1(C)C2=C(C=CCC2)c2cc(-c3ccc(N(c4ccccc4)c4ccc(-c5cccc6oc7ccccc7c56)cc4)cc3)ccc21. The monoisotopic (exact) mass is 605 g/mol. The quantitative estimate of drug-likeness (QED) is 0.194. The Morgan fingerprint density at radius 3 is 2.02 bits per heavy atom. The predicted octanol–water partition coefficient (Wildman–Crippen LogP) is 12.8. The van der Waals surface area contributed by atoms with Crippen molar-refractivity contribution in [3.8, 4) is 22.3 Å². The molecule has 0 spiro atoms. The summed E-state index contributed by atoms with van der Waals surface area (Å²) in [5, 5.41) is 2.31. The lowest BCUT2D eigenvalue weighted by atomic mass is 9.78. The molecule has 226 valence electrons. The number of furan rings is 1. The summed E-state index contributed by atoms with van der Waals surface area (Å²) >= 11 is 0. The van der Waals surface area contributed by atoms with Crippen LogP contribution in [0.3, 0.4) is 0 Å². The van der Waals surface area contributed by atoms with Crippen molar-refractivity contribution >= 4 is 44.6 Å². The molecule has 0 fully saturated rings. The molecule has 2 nitrogen and oxygen atoms in total. The third kappa shape index (κ3) is 4.47. The molecule has 0 saturated heterocycles. The maximum Gasteiger partial charge on any atom is 0.136 e. The van der Waals surface area contributed by atoms with Crippen LogP contribution in [-0.4, -0.2) is 0 Å². The van der Waals surface area contributed by atoms with Crippen molar-refractivity contribution in [1.82, 2.24) is 0 Å². The largest absolute Gasteiger partial charge is 0.456 e. The van der Waals surface area contributed by atoms with Crippen LogP contribution in [0.2, 0.25) is 0 Å². The van der Waals surface area contributed by atoms with E-state index in [2.05, 4.69) is 158 Å². The smallest absolute Gasteiger partial charge is 0.136 e. The highest BCUT2D eigenvalue weighted by Gasteiger charge is 2.37. The molecule has 0 atom stereocenters. The summed E-state index contributed by atoms with van der Waals surface area (Å²) in [7, 11) is 0. The molecule has 0 unspecified atom stereocenters. The van der Waals surface area contributed by atoms with Gasteiger partial charge in [0.25, 0.3) is 0 Å². The molecular weight excluding hydrogens is 571 g/mol. The maximum absolute atomic E-state index is 6.17. The zero-order valence-electron chi connectivity index (χ0n) is 26.7. The molecule has 0 radical (unpaired) electrons. The molecule has 0 N–H and O–H groups in total. The maximum atomic E-state index is 6.17. The second kappa shape index (κ2) is 10.7. The summed E-state index contributed by atoms with van der Waals surface area (Å²) in [4.78, 5) is 2.33. The van der Waals surface area contributed by atoms with Crippen molar-refractivity contribution in [3.63, 3.8) is 0 Å². The molecule has 7 aromatic rings. The zero-order valence-corrected chi connectivity index (χ0v) is 26.7. The molecule has 47 heavy (non-hydrogen) atoms. The van der Waals surface area contributed by atoms with Crippen LogP contribution >= 0.6 is 0 Å². The molecule has 0 saturated carbocycles. The number of fused-ring (bicyclic) bond motifs is 5. The van der Waals surface area contributed by atoms with E-state index in [0.29, 0.717) is 0 Å². The Hall–Kier alpha value is -5.60. The van der Waals surface area contributed by atoms with Gasteiger partial charge in [0, 0.05) is 33.2 Å². The molecule has 2 aliphatic rings.